The fraction of sp³-hybridized carbons (Fsp3) is 0.533. The highest BCUT2D eigenvalue weighted by atomic mass is 16.5. The van der Waals surface area contributed by atoms with Crippen molar-refractivity contribution in [1.29, 1.82) is 0 Å². The number of likely N-dealkylation sites (tertiary alicyclic amines) is 1. The first kappa shape index (κ1) is 14.7. The van der Waals surface area contributed by atoms with Crippen LogP contribution in [0.5, 0.6) is 5.75 Å². The lowest BCUT2D eigenvalue weighted by Gasteiger charge is -2.23. The number of para-hydroxylation sites is 1. The Morgan fingerprint density at radius 1 is 1.55 bits per heavy atom. The van der Waals surface area contributed by atoms with Gasteiger partial charge in [0.1, 0.15) is 5.75 Å². The normalized spacial score (nSPS) is 19.0. The highest BCUT2D eigenvalue weighted by Gasteiger charge is 2.23. The van der Waals surface area contributed by atoms with Gasteiger partial charge in [-0.05, 0) is 38.1 Å². The molecule has 1 saturated heterocycles. The van der Waals surface area contributed by atoms with Gasteiger partial charge in [0.05, 0.1) is 18.4 Å². The summed E-state index contributed by atoms with van der Waals surface area (Å²) in [6.07, 6.45) is 2.34. The van der Waals surface area contributed by atoms with Crippen molar-refractivity contribution in [2.75, 3.05) is 32.5 Å². The summed E-state index contributed by atoms with van der Waals surface area (Å²) in [5.74, 6) is 0.401. The molecule has 110 valence electrons. The second kappa shape index (κ2) is 6.61. The first-order valence-electron chi connectivity index (χ1n) is 7.12. The van der Waals surface area contributed by atoms with E-state index in [0.717, 1.165) is 19.5 Å². The number of benzene rings is 1. The zero-order chi connectivity index (χ0) is 14.5. The number of hydrogen-bond acceptors (Lipinski definition) is 4. The summed E-state index contributed by atoms with van der Waals surface area (Å²) in [5, 5.41) is 2.98. The van der Waals surface area contributed by atoms with Crippen LogP contribution in [0.2, 0.25) is 0 Å². The molecular weight excluding hydrogens is 254 g/mol. The molecule has 1 aliphatic rings. The number of amides is 1. The quantitative estimate of drug-likeness (QED) is 0.800. The molecule has 5 heteroatoms. The number of hydrogen-bond donors (Lipinski definition) is 2. The van der Waals surface area contributed by atoms with E-state index in [1.807, 2.05) is 0 Å². The summed E-state index contributed by atoms with van der Waals surface area (Å²) in [7, 11) is 1.55. The van der Waals surface area contributed by atoms with Crippen LogP contribution in [0.4, 0.5) is 5.69 Å². The number of carbonyl (C=O) groups is 1. The van der Waals surface area contributed by atoms with Crippen molar-refractivity contribution >= 4 is 11.6 Å². The van der Waals surface area contributed by atoms with Gasteiger partial charge < -0.3 is 15.8 Å². The zero-order valence-electron chi connectivity index (χ0n) is 12.2. The number of anilines is 1. The van der Waals surface area contributed by atoms with E-state index in [9.17, 15) is 4.79 Å². The zero-order valence-corrected chi connectivity index (χ0v) is 12.2. The number of nitrogens with zero attached hydrogens (tertiary/aromatic N) is 1. The van der Waals surface area contributed by atoms with Gasteiger partial charge in [0.25, 0.3) is 5.91 Å². The van der Waals surface area contributed by atoms with Crippen LogP contribution in [0.1, 0.15) is 30.1 Å². The fourth-order valence-electron chi connectivity index (χ4n) is 2.77. The van der Waals surface area contributed by atoms with E-state index >= 15 is 0 Å². The lowest BCUT2D eigenvalue weighted by atomic mass is 10.1. The van der Waals surface area contributed by atoms with Gasteiger partial charge in [-0.3, -0.25) is 9.69 Å². The number of nitrogen functional groups attached to an aromatic ring is 1. The van der Waals surface area contributed by atoms with E-state index in [2.05, 4.69) is 17.1 Å². The highest BCUT2D eigenvalue weighted by Crippen LogP contribution is 2.24. The van der Waals surface area contributed by atoms with Crippen LogP contribution in [0, 0.1) is 0 Å². The van der Waals surface area contributed by atoms with E-state index in [1.54, 1.807) is 25.3 Å². The number of methoxy groups -OCH3 is 1. The van der Waals surface area contributed by atoms with Gasteiger partial charge in [0.15, 0.2) is 0 Å². The molecule has 1 unspecified atom stereocenters. The van der Waals surface area contributed by atoms with Crippen LogP contribution in [0.15, 0.2) is 18.2 Å². The van der Waals surface area contributed by atoms with Crippen LogP contribution in [-0.4, -0.2) is 43.6 Å². The van der Waals surface area contributed by atoms with Gasteiger partial charge in [-0.15, -0.1) is 0 Å². The average molecular weight is 277 g/mol. The van der Waals surface area contributed by atoms with Gasteiger partial charge in [0, 0.05) is 12.6 Å². The number of carbonyl (C=O) groups excluding carboxylic acids is 1. The first-order valence-corrected chi connectivity index (χ1v) is 7.12. The Balaban J connectivity index is 1.98. The van der Waals surface area contributed by atoms with Crippen LogP contribution >= 0.6 is 0 Å². The molecule has 1 aromatic carbocycles. The number of rotatable bonds is 5. The van der Waals surface area contributed by atoms with Gasteiger partial charge in [-0.1, -0.05) is 13.0 Å². The van der Waals surface area contributed by atoms with Crippen LogP contribution < -0.4 is 15.8 Å². The molecular formula is C15H23N3O2. The molecule has 0 aromatic heterocycles. The van der Waals surface area contributed by atoms with E-state index in [0.29, 0.717) is 29.6 Å². The minimum absolute atomic E-state index is 0.135. The molecule has 1 aliphatic heterocycles. The first-order chi connectivity index (χ1) is 9.67. The molecule has 20 heavy (non-hydrogen) atoms. The molecule has 1 fully saturated rings. The molecule has 1 aromatic rings. The van der Waals surface area contributed by atoms with E-state index in [-0.39, 0.29) is 5.91 Å². The maximum absolute atomic E-state index is 12.2. The molecule has 0 saturated carbocycles. The SMILES string of the molecule is CCN1CCCC1CNC(=O)c1cccc(OC)c1N. The van der Waals surface area contributed by atoms with Gasteiger partial charge >= 0.3 is 0 Å². The number of likely N-dealkylation sites (N-methyl/N-ethyl adjacent to an activating group) is 1. The summed E-state index contributed by atoms with van der Waals surface area (Å²) in [6.45, 7) is 4.98. The molecule has 0 aliphatic carbocycles. The lowest BCUT2D eigenvalue weighted by Crippen LogP contribution is -2.40. The van der Waals surface area contributed by atoms with Crippen LogP contribution in [-0.2, 0) is 0 Å². The molecule has 3 N–H and O–H groups in total. The summed E-state index contributed by atoms with van der Waals surface area (Å²) in [4.78, 5) is 14.6. The Hall–Kier alpha value is -1.75. The number of ether oxygens (including phenoxy) is 1. The summed E-state index contributed by atoms with van der Waals surface area (Å²) in [5.41, 5.74) is 6.81. The van der Waals surface area contributed by atoms with Crippen LogP contribution in [0.25, 0.3) is 0 Å². The Bertz CT molecular complexity index is 476. The molecule has 1 heterocycles. The van der Waals surface area contributed by atoms with E-state index < -0.39 is 0 Å². The Morgan fingerprint density at radius 2 is 2.35 bits per heavy atom. The monoisotopic (exact) mass is 277 g/mol. The van der Waals surface area contributed by atoms with Gasteiger partial charge in [0.2, 0.25) is 0 Å². The molecule has 1 atom stereocenters. The van der Waals surface area contributed by atoms with Crippen molar-refractivity contribution < 1.29 is 9.53 Å². The largest absolute Gasteiger partial charge is 0.495 e. The Kier molecular flexibility index (Phi) is 4.84. The van der Waals surface area contributed by atoms with E-state index in [1.165, 1.54) is 6.42 Å². The summed E-state index contributed by atoms with van der Waals surface area (Å²) >= 11 is 0. The van der Waals surface area contributed by atoms with Crippen molar-refractivity contribution in [3.05, 3.63) is 23.8 Å². The third-order valence-electron chi connectivity index (χ3n) is 3.93. The number of nitrogens with two attached hydrogens (primary N) is 1. The fourth-order valence-corrected chi connectivity index (χ4v) is 2.77. The predicted octanol–water partition coefficient (Wildman–Crippen LogP) is 1.49. The molecule has 0 radical (unpaired) electrons. The lowest BCUT2D eigenvalue weighted by molar-refractivity contribution is 0.0942. The van der Waals surface area contributed by atoms with Gasteiger partial charge in [-0.2, -0.15) is 0 Å². The standard InChI is InChI=1S/C15H23N3O2/c1-3-18-9-5-6-11(18)10-17-15(19)12-7-4-8-13(20-2)14(12)16/h4,7-8,11H,3,5-6,9-10,16H2,1-2H3,(H,17,19). The summed E-state index contributed by atoms with van der Waals surface area (Å²) in [6, 6.07) is 5.69. The number of nitrogens with one attached hydrogen (secondary N) is 1. The maximum atomic E-state index is 12.2. The Morgan fingerprint density at radius 3 is 3.05 bits per heavy atom. The second-order valence-corrected chi connectivity index (χ2v) is 5.06. The maximum Gasteiger partial charge on any atom is 0.253 e. The summed E-state index contributed by atoms with van der Waals surface area (Å²) < 4.78 is 5.13. The minimum Gasteiger partial charge on any atom is -0.495 e. The average Bonchev–Trinajstić information content (AvgIpc) is 2.92. The molecule has 0 spiro atoms. The minimum atomic E-state index is -0.135. The molecule has 2 rings (SSSR count). The van der Waals surface area contributed by atoms with Crippen LogP contribution in [0.3, 0.4) is 0 Å². The molecule has 0 bridgehead atoms. The predicted molar refractivity (Wildman–Crippen MR) is 80.0 cm³/mol. The topological polar surface area (TPSA) is 67.6 Å². The third-order valence-corrected chi connectivity index (χ3v) is 3.93. The Labute approximate surface area is 120 Å². The molecule has 5 nitrogen and oxygen atoms in total. The van der Waals surface area contributed by atoms with Crippen molar-refractivity contribution in [2.45, 2.75) is 25.8 Å². The third kappa shape index (κ3) is 3.04. The molecule has 1 amide bonds. The second-order valence-electron chi connectivity index (χ2n) is 5.06. The van der Waals surface area contributed by atoms with Crippen molar-refractivity contribution in [1.82, 2.24) is 10.2 Å². The highest BCUT2D eigenvalue weighted by molar-refractivity contribution is 6.00. The van der Waals surface area contributed by atoms with Crippen molar-refractivity contribution in [2.24, 2.45) is 0 Å². The van der Waals surface area contributed by atoms with Crippen molar-refractivity contribution in [3.63, 3.8) is 0 Å². The van der Waals surface area contributed by atoms with Gasteiger partial charge in [-0.25, -0.2) is 0 Å². The van der Waals surface area contributed by atoms with Crippen molar-refractivity contribution in [3.8, 4) is 5.75 Å². The smallest absolute Gasteiger partial charge is 0.253 e. The van der Waals surface area contributed by atoms with E-state index in [4.69, 9.17) is 10.5 Å².